The van der Waals surface area contributed by atoms with E-state index in [1.165, 1.54) is 22.0 Å². The highest BCUT2D eigenvalue weighted by Crippen LogP contribution is 2.53. The van der Waals surface area contributed by atoms with Gasteiger partial charge in [-0.25, -0.2) is 17.5 Å². The molecule has 0 spiro atoms. The normalized spacial score (nSPS) is 20.7. The van der Waals surface area contributed by atoms with Gasteiger partial charge >= 0.3 is 0 Å². The fraction of sp³-hybridized carbons (Fsp3) is 0.267. The molecule has 0 bridgehead atoms. The highest BCUT2D eigenvalue weighted by molar-refractivity contribution is 7.89. The Hall–Kier alpha value is -3.80. The van der Waals surface area contributed by atoms with Gasteiger partial charge in [0.2, 0.25) is 10.0 Å². The van der Waals surface area contributed by atoms with Crippen LogP contribution in [-0.4, -0.2) is 35.6 Å². The van der Waals surface area contributed by atoms with Gasteiger partial charge in [0.1, 0.15) is 12.4 Å². The summed E-state index contributed by atoms with van der Waals surface area (Å²) in [6, 6.07) is 21.0. The van der Waals surface area contributed by atoms with Crippen molar-refractivity contribution in [1.82, 2.24) is 14.1 Å². The van der Waals surface area contributed by atoms with Gasteiger partial charge in [-0.05, 0) is 78.0 Å². The number of rotatable bonds is 6. The second-order valence-corrected chi connectivity index (χ2v) is 12.3. The molecule has 0 radical (unpaired) electrons. The van der Waals surface area contributed by atoms with Crippen molar-refractivity contribution in [3.05, 3.63) is 95.6 Å². The zero-order valence-electron chi connectivity index (χ0n) is 21.0. The number of fused-ring (bicyclic) bond motifs is 3. The van der Waals surface area contributed by atoms with Gasteiger partial charge in [0.05, 0.1) is 28.5 Å². The first-order valence-electron chi connectivity index (χ1n) is 12.7. The first kappa shape index (κ1) is 24.5. The van der Waals surface area contributed by atoms with Crippen molar-refractivity contribution in [2.24, 2.45) is 11.3 Å². The van der Waals surface area contributed by atoms with Gasteiger partial charge in [-0.1, -0.05) is 48.9 Å². The molecule has 0 N–H and O–H groups in total. The lowest BCUT2D eigenvalue weighted by atomic mass is 9.70. The van der Waals surface area contributed by atoms with Gasteiger partial charge in [0.15, 0.2) is 0 Å². The fourth-order valence-electron chi connectivity index (χ4n) is 6.15. The van der Waals surface area contributed by atoms with Gasteiger partial charge in [0, 0.05) is 11.9 Å². The summed E-state index contributed by atoms with van der Waals surface area (Å²) in [5.74, 6) is -0.242. The Morgan fingerprint density at radius 2 is 1.89 bits per heavy atom. The van der Waals surface area contributed by atoms with Crippen LogP contribution in [0.1, 0.15) is 31.0 Å². The molecule has 1 saturated carbocycles. The van der Waals surface area contributed by atoms with Gasteiger partial charge in [0.25, 0.3) is 0 Å². The van der Waals surface area contributed by atoms with E-state index in [1.807, 2.05) is 41.2 Å². The van der Waals surface area contributed by atoms with Gasteiger partial charge in [-0.2, -0.15) is 14.7 Å². The quantitative estimate of drug-likeness (QED) is 0.300. The van der Waals surface area contributed by atoms with Crippen LogP contribution < -0.4 is 0 Å². The number of benzene rings is 3. The minimum atomic E-state index is -3.89. The maximum atomic E-state index is 13.9. The van der Waals surface area contributed by atoms with Crippen molar-refractivity contribution in [1.29, 1.82) is 5.26 Å². The number of aromatic nitrogens is 2. The van der Waals surface area contributed by atoms with Gasteiger partial charge in [-0.15, -0.1) is 0 Å². The van der Waals surface area contributed by atoms with E-state index >= 15 is 0 Å². The third-order valence-corrected chi connectivity index (χ3v) is 10.1. The molecular weight excluding hydrogens is 499 g/mol. The molecule has 6 rings (SSSR count). The van der Waals surface area contributed by atoms with Crippen LogP contribution in [0.2, 0.25) is 0 Å². The largest absolute Gasteiger partial charge is 0.244 e. The highest BCUT2D eigenvalue weighted by Gasteiger charge is 2.47. The molecule has 3 aromatic carbocycles. The summed E-state index contributed by atoms with van der Waals surface area (Å²) in [5, 5.41) is 15.7. The van der Waals surface area contributed by atoms with Crippen LogP contribution in [0.3, 0.4) is 0 Å². The summed E-state index contributed by atoms with van der Waals surface area (Å²) < 4.78 is 44.4. The van der Waals surface area contributed by atoms with Crippen molar-refractivity contribution in [2.45, 2.75) is 31.1 Å². The van der Waals surface area contributed by atoms with Crippen molar-refractivity contribution in [3.8, 4) is 11.8 Å². The number of allylic oxidation sites excluding steroid dienone is 1. The average Bonchev–Trinajstić information content (AvgIpc) is 3.46. The predicted molar refractivity (Wildman–Crippen MR) is 144 cm³/mol. The summed E-state index contributed by atoms with van der Waals surface area (Å²) in [5.41, 5.74) is 3.88. The average molecular weight is 527 g/mol. The van der Waals surface area contributed by atoms with E-state index in [0.717, 1.165) is 41.6 Å². The summed E-state index contributed by atoms with van der Waals surface area (Å²) in [7, 11) is -3.89. The molecule has 38 heavy (non-hydrogen) atoms. The minimum absolute atomic E-state index is 0.0502. The maximum Gasteiger partial charge on any atom is 0.244 e. The second kappa shape index (κ2) is 9.19. The lowest BCUT2D eigenvalue weighted by molar-refractivity contribution is 0.228. The van der Waals surface area contributed by atoms with E-state index in [-0.39, 0.29) is 35.1 Å². The minimum Gasteiger partial charge on any atom is -0.233 e. The molecular formula is C30H27FN4O2S. The van der Waals surface area contributed by atoms with E-state index in [1.54, 1.807) is 24.3 Å². The highest BCUT2D eigenvalue weighted by atomic mass is 32.2. The standard InChI is InChI=1S/C30H27FN4O2S/c1-30-18-22-19-33-35(26-13-11-25(31)12-14-26)28(22)17-23(30)9-10-24(30)20-34(16-15-32)38(36,37)29-8-4-6-21-5-2-3-7-27(21)29/h2-8,11-14,17,19,24H,9-10,16,18,20H2,1H3/t24-,30+/m1/s1. The zero-order chi connectivity index (χ0) is 26.5. The summed E-state index contributed by atoms with van der Waals surface area (Å²) in [4.78, 5) is 0.233. The maximum absolute atomic E-state index is 13.9. The van der Waals surface area contributed by atoms with Crippen molar-refractivity contribution in [2.75, 3.05) is 13.1 Å². The molecule has 2 aliphatic carbocycles. The Balaban J connectivity index is 1.32. The first-order valence-corrected chi connectivity index (χ1v) is 14.1. The van der Waals surface area contributed by atoms with Crippen LogP contribution in [0.15, 0.2) is 83.4 Å². The molecule has 8 heteroatoms. The molecule has 192 valence electrons. The molecule has 0 unspecified atom stereocenters. The smallest absolute Gasteiger partial charge is 0.233 e. The van der Waals surface area contributed by atoms with Gasteiger partial charge < -0.3 is 0 Å². The molecule has 6 nitrogen and oxygen atoms in total. The number of nitrogens with zero attached hydrogens (tertiary/aromatic N) is 4. The number of halogens is 1. The van der Waals surface area contributed by atoms with Crippen LogP contribution in [0.4, 0.5) is 4.39 Å². The van der Waals surface area contributed by atoms with E-state index in [2.05, 4.69) is 24.2 Å². The number of hydrogen-bond donors (Lipinski definition) is 0. The molecule has 1 fully saturated rings. The molecule has 0 amide bonds. The summed E-state index contributed by atoms with van der Waals surface area (Å²) in [6.45, 7) is 2.27. The Morgan fingerprint density at radius 3 is 2.68 bits per heavy atom. The Labute approximate surface area is 221 Å². The van der Waals surface area contributed by atoms with Crippen LogP contribution in [0.5, 0.6) is 0 Å². The Bertz CT molecular complexity index is 1710. The van der Waals surface area contributed by atoms with E-state index in [4.69, 9.17) is 0 Å². The number of sulfonamides is 1. The predicted octanol–water partition coefficient (Wildman–Crippen LogP) is 5.73. The molecule has 2 aliphatic rings. The molecule has 1 heterocycles. The van der Waals surface area contributed by atoms with E-state index in [0.29, 0.717) is 5.39 Å². The van der Waals surface area contributed by atoms with Crippen LogP contribution in [0.25, 0.3) is 22.5 Å². The first-order chi connectivity index (χ1) is 18.3. The lowest BCUT2D eigenvalue weighted by Crippen LogP contribution is -2.41. The monoisotopic (exact) mass is 526 g/mol. The summed E-state index contributed by atoms with van der Waals surface area (Å²) >= 11 is 0. The molecule has 0 aliphatic heterocycles. The molecule has 0 saturated heterocycles. The Kier molecular flexibility index (Phi) is 5.93. The van der Waals surface area contributed by atoms with Crippen molar-refractivity contribution < 1.29 is 12.8 Å². The topological polar surface area (TPSA) is 79.0 Å². The SMILES string of the molecule is C[C@]12Cc3cnn(-c4ccc(F)cc4)c3C=C1CC[C@@H]2CN(CC#N)S(=O)(=O)c1cccc2ccccc12. The Morgan fingerprint density at radius 1 is 1.13 bits per heavy atom. The van der Waals surface area contributed by atoms with Crippen molar-refractivity contribution >= 4 is 26.9 Å². The third-order valence-electron chi connectivity index (χ3n) is 8.26. The zero-order valence-corrected chi connectivity index (χ0v) is 21.8. The fourth-order valence-corrected chi connectivity index (χ4v) is 7.74. The summed E-state index contributed by atoms with van der Waals surface area (Å²) in [6.07, 6.45) is 6.44. The molecule has 1 aromatic heterocycles. The molecule has 4 aromatic rings. The van der Waals surface area contributed by atoms with Crippen LogP contribution >= 0.6 is 0 Å². The number of hydrogen-bond acceptors (Lipinski definition) is 4. The number of nitriles is 1. The molecule has 2 atom stereocenters. The second-order valence-electron chi connectivity index (χ2n) is 10.4. The van der Waals surface area contributed by atoms with E-state index in [9.17, 15) is 18.1 Å². The third kappa shape index (κ3) is 3.94. The van der Waals surface area contributed by atoms with E-state index < -0.39 is 10.0 Å². The lowest BCUT2D eigenvalue weighted by Gasteiger charge is -2.37. The van der Waals surface area contributed by atoms with Crippen molar-refractivity contribution in [3.63, 3.8) is 0 Å². The van der Waals surface area contributed by atoms with Gasteiger partial charge in [-0.3, -0.25) is 0 Å². The van der Waals surface area contributed by atoms with Crippen LogP contribution in [0, 0.1) is 28.5 Å². The van der Waals surface area contributed by atoms with Crippen LogP contribution in [-0.2, 0) is 16.4 Å².